The number of nitrogens with zero attached hydrogens (tertiary/aromatic N) is 1. The van der Waals surface area contributed by atoms with Crippen molar-refractivity contribution in [1.29, 1.82) is 0 Å². The third-order valence-corrected chi connectivity index (χ3v) is 3.42. The first kappa shape index (κ1) is 12.6. The van der Waals surface area contributed by atoms with Gasteiger partial charge in [-0.15, -0.1) is 11.8 Å². The predicted molar refractivity (Wildman–Crippen MR) is 67.4 cm³/mol. The largest absolute Gasteiger partial charge is 0.438 e. The van der Waals surface area contributed by atoms with E-state index >= 15 is 0 Å². The van der Waals surface area contributed by atoms with Crippen molar-refractivity contribution in [3.8, 4) is 0 Å². The van der Waals surface area contributed by atoms with Gasteiger partial charge in [0.2, 0.25) is 5.78 Å². The fraction of sp³-hybridized carbons (Fsp3) is 0.250. The number of rotatable bonds is 5. The summed E-state index contributed by atoms with van der Waals surface area (Å²) in [6.45, 7) is 0. The van der Waals surface area contributed by atoms with Crippen molar-refractivity contribution in [1.82, 2.24) is 5.27 Å². The number of aromatic amines is 1. The highest BCUT2D eigenvalue weighted by Gasteiger charge is 2.25. The fourth-order valence-corrected chi connectivity index (χ4v) is 2.40. The van der Waals surface area contributed by atoms with Crippen molar-refractivity contribution < 1.29 is 14.0 Å². The van der Waals surface area contributed by atoms with Gasteiger partial charge in [-0.25, -0.2) is 4.79 Å². The van der Waals surface area contributed by atoms with Gasteiger partial charge in [0.1, 0.15) is 0 Å². The summed E-state index contributed by atoms with van der Waals surface area (Å²) in [6, 6.07) is 9.87. The molecule has 0 saturated heterocycles. The SMILES string of the molecule is C[n+]1[nH]oc(=O)c1C(=O)CSCc1ccccc1. The van der Waals surface area contributed by atoms with Gasteiger partial charge >= 0.3 is 11.3 Å². The van der Waals surface area contributed by atoms with Gasteiger partial charge in [0.05, 0.1) is 5.75 Å². The molecule has 0 saturated carbocycles. The molecule has 18 heavy (non-hydrogen) atoms. The Morgan fingerprint density at radius 2 is 2.11 bits per heavy atom. The van der Waals surface area contributed by atoms with Crippen LogP contribution in [0, 0.1) is 0 Å². The molecule has 0 bridgehead atoms. The van der Waals surface area contributed by atoms with E-state index in [1.54, 1.807) is 7.05 Å². The summed E-state index contributed by atoms with van der Waals surface area (Å²) in [5.74, 6) is 0.769. The Hall–Kier alpha value is -1.82. The highest BCUT2D eigenvalue weighted by Crippen LogP contribution is 2.12. The molecule has 1 heterocycles. The van der Waals surface area contributed by atoms with Crippen molar-refractivity contribution in [2.75, 3.05) is 5.75 Å². The second-order valence-corrected chi connectivity index (χ2v) is 4.78. The summed E-state index contributed by atoms with van der Waals surface area (Å²) in [6.07, 6.45) is 0. The molecule has 1 N–H and O–H groups in total. The maximum atomic E-state index is 11.8. The zero-order chi connectivity index (χ0) is 13.0. The number of thioether (sulfide) groups is 1. The van der Waals surface area contributed by atoms with E-state index in [1.807, 2.05) is 30.3 Å². The van der Waals surface area contributed by atoms with Crippen LogP contribution in [0.25, 0.3) is 0 Å². The zero-order valence-corrected chi connectivity index (χ0v) is 10.7. The van der Waals surface area contributed by atoms with Crippen molar-refractivity contribution in [3.63, 3.8) is 0 Å². The van der Waals surface area contributed by atoms with Crippen LogP contribution in [-0.2, 0) is 12.8 Å². The normalized spacial score (nSPS) is 10.5. The third kappa shape index (κ3) is 2.89. The second-order valence-electron chi connectivity index (χ2n) is 3.79. The molecule has 0 radical (unpaired) electrons. The molecule has 0 aliphatic heterocycles. The molecule has 0 spiro atoms. The number of ketones is 1. The highest BCUT2D eigenvalue weighted by atomic mass is 32.2. The lowest BCUT2D eigenvalue weighted by Crippen LogP contribution is -2.39. The molecule has 1 aromatic heterocycles. The molecule has 0 fully saturated rings. The van der Waals surface area contributed by atoms with Crippen LogP contribution >= 0.6 is 11.8 Å². The monoisotopic (exact) mass is 265 g/mol. The smallest absolute Gasteiger partial charge is 0.286 e. The van der Waals surface area contributed by atoms with Gasteiger partial charge in [-0.2, -0.15) is 0 Å². The lowest BCUT2D eigenvalue weighted by atomic mass is 10.2. The van der Waals surface area contributed by atoms with Crippen LogP contribution in [0.1, 0.15) is 16.1 Å². The first-order chi connectivity index (χ1) is 8.68. The Morgan fingerprint density at radius 1 is 1.39 bits per heavy atom. The fourth-order valence-electron chi connectivity index (χ4n) is 1.55. The van der Waals surface area contributed by atoms with Crippen LogP contribution in [0.2, 0.25) is 0 Å². The topological polar surface area (TPSA) is 67.0 Å². The number of nitrogens with one attached hydrogen (secondary N) is 1. The molecule has 0 amide bonds. The lowest BCUT2D eigenvalue weighted by molar-refractivity contribution is -0.741. The van der Waals surface area contributed by atoms with Gasteiger partial charge in [-0.1, -0.05) is 35.0 Å². The minimum atomic E-state index is -0.622. The Bertz CT molecular complexity index is 589. The highest BCUT2D eigenvalue weighted by molar-refractivity contribution is 7.99. The molecule has 6 heteroatoms. The molecule has 2 aromatic rings. The van der Waals surface area contributed by atoms with Crippen LogP contribution < -0.4 is 10.3 Å². The quantitative estimate of drug-likeness (QED) is 0.644. The predicted octanol–water partition coefficient (Wildman–Crippen LogP) is 0.908. The van der Waals surface area contributed by atoms with E-state index < -0.39 is 5.63 Å². The van der Waals surface area contributed by atoms with Crippen LogP contribution in [-0.4, -0.2) is 16.8 Å². The maximum absolute atomic E-state index is 11.8. The lowest BCUT2D eigenvalue weighted by Gasteiger charge is -1.98. The molecular weight excluding hydrogens is 252 g/mol. The number of aromatic nitrogens is 2. The molecular formula is C12H13N2O3S+. The Labute approximate surface area is 108 Å². The van der Waals surface area contributed by atoms with Gasteiger partial charge in [0.25, 0.3) is 0 Å². The molecule has 0 aliphatic rings. The van der Waals surface area contributed by atoms with E-state index in [-0.39, 0.29) is 17.2 Å². The number of Topliss-reactive ketones (excluding diaryl/α,β-unsaturated/α-hetero) is 1. The molecule has 1 aromatic carbocycles. The van der Waals surface area contributed by atoms with Gasteiger partial charge in [0.15, 0.2) is 7.05 Å². The van der Waals surface area contributed by atoms with Crippen LogP contribution in [0.3, 0.4) is 0 Å². The minimum absolute atomic E-state index is 0.0514. The summed E-state index contributed by atoms with van der Waals surface area (Å²) >= 11 is 1.47. The van der Waals surface area contributed by atoms with E-state index in [0.717, 1.165) is 11.3 Å². The molecule has 94 valence electrons. The Balaban J connectivity index is 1.92. The number of benzene rings is 1. The van der Waals surface area contributed by atoms with Crippen molar-refractivity contribution in [2.45, 2.75) is 5.75 Å². The second kappa shape index (κ2) is 5.68. The molecule has 2 rings (SSSR count). The van der Waals surface area contributed by atoms with Crippen LogP contribution in [0.15, 0.2) is 39.6 Å². The van der Waals surface area contributed by atoms with Gasteiger partial charge < -0.3 is 0 Å². The third-order valence-electron chi connectivity index (χ3n) is 2.41. The molecule has 0 unspecified atom stereocenters. The average molecular weight is 265 g/mol. The van der Waals surface area contributed by atoms with Gasteiger partial charge in [0, 0.05) is 5.75 Å². The van der Waals surface area contributed by atoms with Crippen LogP contribution in [0.5, 0.6) is 0 Å². The van der Waals surface area contributed by atoms with Crippen molar-refractivity contribution >= 4 is 17.5 Å². The number of hydrogen-bond donors (Lipinski definition) is 1. The number of carbonyl (C=O) groups is 1. The number of carbonyl (C=O) groups excluding carboxylic acids is 1. The van der Waals surface area contributed by atoms with Crippen molar-refractivity contribution in [2.24, 2.45) is 7.05 Å². The summed E-state index contributed by atoms with van der Waals surface area (Å²) in [5, 5.41) is 2.32. The van der Waals surface area contributed by atoms with Crippen molar-refractivity contribution in [3.05, 3.63) is 52.0 Å². The maximum Gasteiger partial charge on any atom is 0.438 e. The average Bonchev–Trinajstić information content (AvgIpc) is 2.70. The standard InChI is InChI=1S/C12H12N2O3S/c1-14-11(12(16)17-13-14)10(15)8-18-7-9-5-3-2-4-6-9/h2-6H,7-8H2,1H3/p+1. The number of hydrogen-bond acceptors (Lipinski definition) is 4. The summed E-state index contributed by atoms with van der Waals surface area (Å²) in [5.41, 5.74) is 0.583. The Kier molecular flexibility index (Phi) is 3.99. The van der Waals surface area contributed by atoms with E-state index in [0.29, 0.717) is 0 Å². The summed E-state index contributed by atoms with van der Waals surface area (Å²) < 4.78 is 5.83. The summed E-state index contributed by atoms with van der Waals surface area (Å²) in [7, 11) is 1.57. The van der Waals surface area contributed by atoms with E-state index in [2.05, 4.69) is 9.79 Å². The molecule has 0 aliphatic carbocycles. The molecule has 0 atom stereocenters. The Morgan fingerprint density at radius 3 is 2.72 bits per heavy atom. The number of H-pyrrole nitrogens is 1. The van der Waals surface area contributed by atoms with Gasteiger partial charge in [-0.05, 0) is 10.8 Å². The molecule has 5 nitrogen and oxygen atoms in total. The van der Waals surface area contributed by atoms with E-state index in [9.17, 15) is 9.59 Å². The van der Waals surface area contributed by atoms with Crippen LogP contribution in [0.4, 0.5) is 0 Å². The first-order valence-corrected chi connectivity index (χ1v) is 6.56. The van der Waals surface area contributed by atoms with E-state index in [4.69, 9.17) is 0 Å². The minimum Gasteiger partial charge on any atom is -0.286 e. The van der Waals surface area contributed by atoms with E-state index in [1.165, 1.54) is 16.4 Å². The number of aryl methyl sites for hydroxylation is 1. The zero-order valence-electron chi connectivity index (χ0n) is 9.88. The first-order valence-electron chi connectivity index (χ1n) is 5.41. The summed E-state index contributed by atoms with van der Waals surface area (Å²) in [4.78, 5) is 23.1. The van der Waals surface area contributed by atoms with Gasteiger partial charge in [-0.3, -0.25) is 9.32 Å².